The van der Waals surface area contributed by atoms with E-state index < -0.39 is 41.4 Å². The molecule has 7 nitrogen and oxygen atoms in total. The number of aromatic hydroxyl groups is 1. The van der Waals surface area contributed by atoms with E-state index in [-0.39, 0.29) is 30.1 Å². The van der Waals surface area contributed by atoms with Crippen molar-refractivity contribution >= 4 is 29.3 Å². The number of alkyl halides is 3. The minimum Gasteiger partial charge on any atom is -0.507 e. The first-order valence-electron chi connectivity index (χ1n) is 11.6. The van der Waals surface area contributed by atoms with Gasteiger partial charge in [0.05, 0.1) is 7.11 Å². The molecule has 2 rings (SSSR count). The maximum Gasteiger partial charge on any atom is 0.410 e. The van der Waals surface area contributed by atoms with Crippen LogP contribution in [-0.2, 0) is 11.2 Å². The van der Waals surface area contributed by atoms with E-state index >= 15 is 0 Å². The highest BCUT2D eigenvalue weighted by Gasteiger charge is 2.26. The Morgan fingerprint density at radius 1 is 1.30 bits per heavy atom. The van der Waals surface area contributed by atoms with Crippen LogP contribution in [-0.4, -0.2) is 30.3 Å². The van der Waals surface area contributed by atoms with Gasteiger partial charge in [0.25, 0.3) is 0 Å². The van der Waals surface area contributed by atoms with Crippen molar-refractivity contribution in [2.75, 3.05) is 7.11 Å². The molecule has 0 spiro atoms. The van der Waals surface area contributed by atoms with E-state index in [0.717, 1.165) is 10.4 Å². The Morgan fingerprint density at radius 3 is 2.62 bits per heavy atom. The molecule has 1 atom stereocenters. The molecule has 0 aliphatic rings. The highest BCUT2D eigenvalue weighted by molar-refractivity contribution is 7.13. The van der Waals surface area contributed by atoms with Crippen molar-refractivity contribution in [1.29, 1.82) is 0 Å². The summed E-state index contributed by atoms with van der Waals surface area (Å²) < 4.78 is 47.0. The molecule has 0 fully saturated rings. The van der Waals surface area contributed by atoms with Crippen molar-refractivity contribution in [3.8, 4) is 5.75 Å². The van der Waals surface area contributed by atoms with Crippen LogP contribution >= 0.6 is 11.3 Å². The second-order valence-electron chi connectivity index (χ2n) is 8.60. The number of alkyl carbamates (subject to hydrolysis) is 1. The summed E-state index contributed by atoms with van der Waals surface area (Å²) >= 11 is 1.28. The van der Waals surface area contributed by atoms with Crippen LogP contribution in [0.2, 0.25) is 0 Å². The van der Waals surface area contributed by atoms with Gasteiger partial charge in [-0.1, -0.05) is 13.0 Å². The monoisotopic (exact) mass is 541 g/mol. The van der Waals surface area contributed by atoms with Crippen LogP contribution in [0, 0.1) is 6.92 Å². The number of amides is 1. The Balaban J connectivity index is 2.11. The zero-order valence-corrected chi connectivity index (χ0v) is 21.8. The molecule has 2 heterocycles. The standard InChI is InChI=1S/C26H30F3NO6S/c1-15(8-5-6-11-30-25(34)35-4)20-14-19(31)22(24(33)36-20)23(32)17(3)13-21-16(2)12-18(37-21)9-7-10-26(27,28)29/h6,11-15,31H,5,7-10H2,1-4H3,(H,30,34)/b11-6+,17-13+. The van der Waals surface area contributed by atoms with Crippen LogP contribution in [0.3, 0.4) is 0 Å². The molecule has 0 bridgehead atoms. The Morgan fingerprint density at radius 2 is 2.00 bits per heavy atom. The van der Waals surface area contributed by atoms with Crippen LogP contribution < -0.4 is 10.9 Å². The number of hydrogen-bond acceptors (Lipinski definition) is 7. The highest BCUT2D eigenvalue weighted by Crippen LogP contribution is 2.30. The molecular weight excluding hydrogens is 511 g/mol. The average molecular weight is 542 g/mol. The van der Waals surface area contributed by atoms with Crippen LogP contribution in [0.1, 0.15) is 76.9 Å². The molecule has 0 saturated heterocycles. The van der Waals surface area contributed by atoms with E-state index in [1.54, 1.807) is 32.1 Å². The summed E-state index contributed by atoms with van der Waals surface area (Å²) in [6.07, 6.45) is 0.357. The van der Waals surface area contributed by atoms with Gasteiger partial charge in [-0.25, -0.2) is 9.59 Å². The molecule has 37 heavy (non-hydrogen) atoms. The molecule has 2 N–H and O–H groups in total. The lowest BCUT2D eigenvalue weighted by Gasteiger charge is -2.11. The predicted octanol–water partition coefficient (Wildman–Crippen LogP) is 6.64. The second-order valence-corrected chi connectivity index (χ2v) is 9.77. The number of hydrogen-bond donors (Lipinski definition) is 2. The van der Waals surface area contributed by atoms with Gasteiger partial charge < -0.3 is 14.3 Å². The number of ether oxygens (including phenoxy) is 1. The highest BCUT2D eigenvalue weighted by atomic mass is 32.1. The number of allylic oxidation sites excluding steroid dienone is 2. The molecule has 0 saturated carbocycles. The predicted molar refractivity (Wildman–Crippen MR) is 135 cm³/mol. The fraction of sp³-hybridized carbons (Fsp3) is 0.423. The lowest BCUT2D eigenvalue weighted by atomic mass is 9.99. The lowest BCUT2D eigenvalue weighted by Crippen LogP contribution is -2.16. The van der Waals surface area contributed by atoms with Gasteiger partial charge in [-0.2, -0.15) is 13.2 Å². The van der Waals surface area contributed by atoms with E-state index in [9.17, 15) is 32.7 Å². The van der Waals surface area contributed by atoms with Crippen molar-refractivity contribution in [1.82, 2.24) is 5.32 Å². The second kappa shape index (κ2) is 13.3. The van der Waals surface area contributed by atoms with Gasteiger partial charge in [-0.3, -0.25) is 10.1 Å². The van der Waals surface area contributed by atoms with Crippen LogP contribution in [0.15, 0.2) is 39.2 Å². The lowest BCUT2D eigenvalue weighted by molar-refractivity contribution is -0.135. The summed E-state index contributed by atoms with van der Waals surface area (Å²) in [6.45, 7) is 5.07. The molecule has 0 aliphatic carbocycles. The summed E-state index contributed by atoms with van der Waals surface area (Å²) in [5.74, 6) is -1.23. The van der Waals surface area contributed by atoms with E-state index in [2.05, 4.69) is 10.1 Å². The van der Waals surface area contributed by atoms with Crippen LogP contribution in [0.5, 0.6) is 5.75 Å². The topological polar surface area (TPSA) is 106 Å². The summed E-state index contributed by atoms with van der Waals surface area (Å²) in [7, 11) is 1.25. The Bertz CT molecular complexity index is 1230. The van der Waals surface area contributed by atoms with Crippen molar-refractivity contribution < 1.29 is 37.0 Å². The quantitative estimate of drug-likeness (QED) is 0.244. The van der Waals surface area contributed by atoms with Gasteiger partial charge >= 0.3 is 17.9 Å². The molecular formula is C26H30F3NO6S. The molecule has 2 aromatic heterocycles. The Labute approximate surface area is 216 Å². The fourth-order valence-corrected chi connectivity index (χ4v) is 4.68. The minimum absolute atomic E-state index is 0.0229. The minimum atomic E-state index is -4.20. The molecule has 0 aromatic carbocycles. The smallest absolute Gasteiger partial charge is 0.410 e. The number of carbonyl (C=O) groups excluding carboxylic acids is 2. The first kappa shape index (κ1) is 29.9. The van der Waals surface area contributed by atoms with Gasteiger partial charge in [0.15, 0.2) is 5.78 Å². The number of methoxy groups -OCH3 is 1. The summed E-state index contributed by atoms with van der Waals surface area (Å²) in [5, 5.41) is 12.8. The number of aryl methyl sites for hydroxylation is 2. The largest absolute Gasteiger partial charge is 0.507 e. The maximum atomic E-state index is 12.9. The van der Waals surface area contributed by atoms with Crippen molar-refractivity contribution in [2.24, 2.45) is 0 Å². The first-order valence-corrected chi connectivity index (χ1v) is 12.4. The van der Waals surface area contributed by atoms with E-state index in [1.807, 2.05) is 0 Å². The van der Waals surface area contributed by atoms with E-state index in [0.29, 0.717) is 17.7 Å². The molecule has 0 radical (unpaired) electrons. The number of rotatable bonds is 11. The van der Waals surface area contributed by atoms with Gasteiger partial charge in [0.2, 0.25) is 0 Å². The van der Waals surface area contributed by atoms with Gasteiger partial charge in [-0.15, -0.1) is 11.3 Å². The number of thiophene rings is 1. The van der Waals surface area contributed by atoms with Crippen molar-refractivity contribution in [2.45, 2.75) is 65.0 Å². The number of carbonyl (C=O) groups is 2. The Kier molecular flexibility index (Phi) is 10.7. The number of ketones is 1. The SMILES string of the molecule is COC(=O)N/C=C/CCC(C)c1cc(O)c(C(=O)/C(C)=C/c2sc(CCCC(F)(F)F)cc2C)c(=O)o1. The third-order valence-electron chi connectivity index (χ3n) is 5.53. The normalized spacial score (nSPS) is 13.1. The third kappa shape index (κ3) is 9.23. The van der Waals surface area contributed by atoms with Crippen molar-refractivity contribution in [3.05, 3.63) is 67.0 Å². The van der Waals surface area contributed by atoms with Gasteiger partial charge in [-0.05, 0) is 62.8 Å². The molecule has 11 heteroatoms. The average Bonchev–Trinajstić information content (AvgIpc) is 3.15. The van der Waals surface area contributed by atoms with E-state index in [4.69, 9.17) is 4.42 Å². The first-order chi connectivity index (χ1) is 17.3. The summed E-state index contributed by atoms with van der Waals surface area (Å²) in [6, 6.07) is 3.03. The maximum absolute atomic E-state index is 12.9. The van der Waals surface area contributed by atoms with Crippen molar-refractivity contribution in [3.63, 3.8) is 0 Å². The van der Waals surface area contributed by atoms with Gasteiger partial charge in [0, 0.05) is 34.4 Å². The molecule has 1 amide bonds. The summed E-state index contributed by atoms with van der Waals surface area (Å²) in [5.41, 5.74) is -0.460. The number of Topliss-reactive ketones (excluding diaryl/α,β-unsaturated/α-hetero) is 1. The van der Waals surface area contributed by atoms with E-state index in [1.165, 1.54) is 37.6 Å². The van der Waals surface area contributed by atoms with Crippen LogP contribution in [0.25, 0.3) is 6.08 Å². The third-order valence-corrected chi connectivity index (χ3v) is 6.77. The molecule has 1 unspecified atom stereocenters. The Hall–Kier alpha value is -3.34. The fourth-order valence-electron chi connectivity index (χ4n) is 3.46. The summed E-state index contributed by atoms with van der Waals surface area (Å²) in [4.78, 5) is 38.0. The zero-order chi connectivity index (χ0) is 27.8. The number of nitrogens with one attached hydrogen (secondary N) is 1. The number of halogens is 3. The molecule has 202 valence electrons. The zero-order valence-electron chi connectivity index (χ0n) is 21.0. The molecule has 2 aromatic rings. The molecule has 0 aliphatic heterocycles. The van der Waals surface area contributed by atoms with Gasteiger partial charge in [0.1, 0.15) is 17.1 Å². The van der Waals surface area contributed by atoms with Crippen LogP contribution in [0.4, 0.5) is 18.0 Å².